The zero-order valence-electron chi connectivity index (χ0n) is 9.89. The molecule has 0 aliphatic heterocycles. The van der Waals surface area contributed by atoms with Gasteiger partial charge in [-0.2, -0.15) is 0 Å². The summed E-state index contributed by atoms with van der Waals surface area (Å²) in [5.74, 6) is 0. The topological polar surface area (TPSA) is 71.4 Å². The molecule has 0 atom stereocenters. The van der Waals surface area contributed by atoms with E-state index in [1.54, 1.807) is 36.4 Å². The second-order valence-corrected chi connectivity index (χ2v) is 5.88. The van der Waals surface area contributed by atoms with E-state index in [-0.39, 0.29) is 69.3 Å². The first-order valence-corrected chi connectivity index (χ1v) is 7.22. The molecule has 0 radical (unpaired) electrons. The van der Waals surface area contributed by atoms with E-state index in [4.69, 9.17) is 0 Å². The molecule has 6 heteroatoms. The van der Waals surface area contributed by atoms with E-state index in [2.05, 4.69) is 0 Å². The van der Waals surface area contributed by atoms with Crippen molar-refractivity contribution in [2.24, 2.45) is 0 Å². The molecule has 98 valence electrons. The van der Waals surface area contributed by atoms with Crippen molar-refractivity contribution in [3.8, 4) is 0 Å². The SMILES string of the molecule is O=C(c1ccccc1)P(=O)(O)C(=O)c1ccccc1.[RbH]. The summed E-state index contributed by atoms with van der Waals surface area (Å²) in [5, 5.41) is 0. The van der Waals surface area contributed by atoms with E-state index in [1.165, 1.54) is 24.3 Å². The second-order valence-electron chi connectivity index (χ2n) is 3.92. The van der Waals surface area contributed by atoms with Crippen LogP contribution in [-0.4, -0.2) is 74.1 Å². The number of hydrogen-bond acceptors (Lipinski definition) is 3. The summed E-state index contributed by atoms with van der Waals surface area (Å²) in [4.78, 5) is 33.7. The molecule has 4 nitrogen and oxygen atoms in total. The first kappa shape index (κ1) is 17.8. The molecule has 0 bridgehead atoms. The van der Waals surface area contributed by atoms with Crippen molar-refractivity contribution in [1.29, 1.82) is 0 Å². The van der Waals surface area contributed by atoms with Crippen molar-refractivity contribution in [3.05, 3.63) is 71.8 Å². The Morgan fingerprint density at radius 2 is 1.05 bits per heavy atom. The fraction of sp³-hybridized carbons (Fsp3) is 0. The Hall–Kier alpha value is -0.225. The maximum absolute atomic E-state index is 12.1. The third kappa shape index (κ3) is 3.91. The molecule has 2 aromatic carbocycles. The van der Waals surface area contributed by atoms with Crippen LogP contribution >= 0.6 is 7.37 Å². The molecule has 0 spiro atoms. The normalized spacial score (nSPS) is 10.4. The number of carbonyl (C=O) groups is 2. The van der Waals surface area contributed by atoms with E-state index < -0.39 is 18.4 Å². The van der Waals surface area contributed by atoms with Crippen LogP contribution in [-0.2, 0) is 4.57 Å². The van der Waals surface area contributed by atoms with Gasteiger partial charge >= 0.3 is 65.6 Å². The molecule has 0 saturated heterocycles. The van der Waals surface area contributed by atoms with Crippen LogP contribution in [0.1, 0.15) is 20.7 Å². The zero-order chi connectivity index (χ0) is 13.9. The number of rotatable bonds is 4. The molecule has 0 saturated carbocycles. The molecule has 2 rings (SSSR count). The van der Waals surface area contributed by atoms with Crippen molar-refractivity contribution in [2.75, 3.05) is 0 Å². The Labute approximate surface area is 165 Å². The third-order valence-corrected chi connectivity index (χ3v) is 4.21. The predicted molar refractivity (Wildman–Crippen MR) is 78.5 cm³/mol. The molecule has 0 fully saturated rings. The molecule has 2 aromatic rings. The minimum atomic E-state index is -4.60. The van der Waals surface area contributed by atoms with Gasteiger partial charge in [-0.05, 0) is 0 Å². The molecule has 0 aliphatic rings. The van der Waals surface area contributed by atoms with Gasteiger partial charge in [0.05, 0.1) is 0 Å². The standard InChI is InChI=1S/C14H11O4P.Rb.H/c15-13(11-7-3-1-4-8-11)19(17,18)14(16)12-9-5-2-6-10-12;;/h1-10H,(H,17,18);;. The molecule has 1 N–H and O–H groups in total. The van der Waals surface area contributed by atoms with Crippen LogP contribution in [0.3, 0.4) is 0 Å². The minimum absolute atomic E-state index is 0. The quantitative estimate of drug-likeness (QED) is 0.849. The summed E-state index contributed by atoms with van der Waals surface area (Å²) in [7, 11) is -4.60. The summed E-state index contributed by atoms with van der Waals surface area (Å²) in [5.41, 5.74) is -1.97. The summed E-state index contributed by atoms with van der Waals surface area (Å²) in [6.45, 7) is 0. The van der Waals surface area contributed by atoms with E-state index in [1.807, 2.05) is 0 Å². The summed E-state index contributed by atoms with van der Waals surface area (Å²) in [6.07, 6.45) is 0. The van der Waals surface area contributed by atoms with Gasteiger partial charge in [-0.1, -0.05) is 60.7 Å². The molecular weight excluding hydrogens is 349 g/mol. The average Bonchev–Trinajstić information content (AvgIpc) is 2.47. The van der Waals surface area contributed by atoms with Crippen molar-refractivity contribution in [2.45, 2.75) is 0 Å². The van der Waals surface area contributed by atoms with Crippen molar-refractivity contribution in [3.63, 3.8) is 0 Å². The van der Waals surface area contributed by atoms with Gasteiger partial charge in [-0.15, -0.1) is 0 Å². The second kappa shape index (κ2) is 7.69. The molecule has 0 unspecified atom stereocenters. The van der Waals surface area contributed by atoms with Crippen LogP contribution in [0, 0.1) is 0 Å². The van der Waals surface area contributed by atoms with Crippen LogP contribution in [0.5, 0.6) is 0 Å². The Balaban J connectivity index is 0.00000200. The monoisotopic (exact) mass is 360 g/mol. The molecular formula is C14H12O4PRb. The Morgan fingerprint density at radius 1 is 0.750 bits per heavy atom. The van der Waals surface area contributed by atoms with E-state index in [9.17, 15) is 19.0 Å². The Kier molecular flexibility index (Phi) is 6.85. The van der Waals surface area contributed by atoms with Gasteiger partial charge in [0.15, 0.2) is 0 Å². The Bertz CT molecular complexity index is 600. The first-order chi connectivity index (χ1) is 9.03. The van der Waals surface area contributed by atoms with Crippen LogP contribution < -0.4 is 0 Å². The van der Waals surface area contributed by atoms with Gasteiger partial charge in [0.2, 0.25) is 0 Å². The van der Waals surface area contributed by atoms with Gasteiger partial charge in [-0.3, -0.25) is 14.2 Å². The number of carbonyl (C=O) groups excluding carboxylic acids is 2. The maximum atomic E-state index is 12.1. The fourth-order valence-electron chi connectivity index (χ4n) is 1.60. The van der Waals surface area contributed by atoms with Gasteiger partial charge in [-0.25, -0.2) is 0 Å². The third-order valence-electron chi connectivity index (χ3n) is 2.59. The predicted octanol–water partition coefficient (Wildman–Crippen LogP) is 2.29. The molecule has 0 amide bonds. The molecule has 20 heavy (non-hydrogen) atoms. The zero-order valence-corrected chi connectivity index (χ0v) is 10.8. The van der Waals surface area contributed by atoms with Gasteiger partial charge in [0.25, 0.3) is 11.0 Å². The molecule has 0 heterocycles. The molecule has 0 aliphatic carbocycles. The van der Waals surface area contributed by atoms with Crippen LogP contribution in [0.4, 0.5) is 0 Å². The molecule has 0 aromatic heterocycles. The van der Waals surface area contributed by atoms with E-state index >= 15 is 0 Å². The summed E-state index contributed by atoms with van der Waals surface area (Å²) < 4.78 is 12.1. The van der Waals surface area contributed by atoms with Crippen molar-refractivity contribution >= 4 is 76.6 Å². The van der Waals surface area contributed by atoms with Crippen LogP contribution in [0.2, 0.25) is 0 Å². The number of benzene rings is 2. The Morgan fingerprint density at radius 3 is 1.35 bits per heavy atom. The van der Waals surface area contributed by atoms with Crippen molar-refractivity contribution < 1.29 is 19.0 Å². The van der Waals surface area contributed by atoms with Crippen LogP contribution in [0.15, 0.2) is 60.7 Å². The fourth-order valence-corrected chi connectivity index (χ4v) is 2.79. The van der Waals surface area contributed by atoms with Gasteiger partial charge < -0.3 is 4.89 Å². The van der Waals surface area contributed by atoms with E-state index in [0.29, 0.717) is 0 Å². The van der Waals surface area contributed by atoms with Gasteiger partial charge in [0, 0.05) is 11.1 Å². The van der Waals surface area contributed by atoms with E-state index in [0.717, 1.165) is 0 Å². The van der Waals surface area contributed by atoms with Gasteiger partial charge in [0.1, 0.15) is 0 Å². The van der Waals surface area contributed by atoms with Crippen LogP contribution in [0.25, 0.3) is 0 Å². The summed E-state index contributed by atoms with van der Waals surface area (Å²) in [6, 6.07) is 15.3. The summed E-state index contributed by atoms with van der Waals surface area (Å²) >= 11 is 0. The van der Waals surface area contributed by atoms with Crippen molar-refractivity contribution in [1.82, 2.24) is 0 Å². The first-order valence-electron chi connectivity index (χ1n) is 5.56. The average molecular weight is 361 g/mol. The number of hydrogen-bond donors (Lipinski definition) is 1.